The van der Waals surface area contributed by atoms with E-state index in [0.717, 1.165) is 29.0 Å². The van der Waals surface area contributed by atoms with Crippen LogP contribution in [0, 0.1) is 0 Å². The average molecular weight is 536 g/mol. The largest absolute Gasteiger partial charge is 0.497 e. The van der Waals surface area contributed by atoms with Crippen LogP contribution >= 0.6 is 0 Å². The number of nitrogens with one attached hydrogen (secondary N) is 1. The van der Waals surface area contributed by atoms with E-state index in [1.54, 1.807) is 44.4 Å². The number of carbonyl (C=O) groups is 2. The Bertz CT molecular complexity index is 1150. The van der Waals surface area contributed by atoms with E-state index in [4.69, 9.17) is 14.2 Å². The first-order chi connectivity index (χ1) is 17.5. The number of hydrogen-bond donors (Lipinski definition) is 1. The highest BCUT2D eigenvalue weighted by Gasteiger charge is 2.30. The Labute approximate surface area is 219 Å². The molecule has 0 aliphatic carbocycles. The molecule has 0 unspecified atom stereocenters. The van der Waals surface area contributed by atoms with Crippen molar-refractivity contribution in [2.24, 2.45) is 0 Å². The minimum atomic E-state index is -3.86. The number of rotatable bonds is 14. The Kier molecular flexibility index (Phi) is 11.0. The van der Waals surface area contributed by atoms with Gasteiger partial charge in [0.2, 0.25) is 21.8 Å². The molecule has 0 saturated carbocycles. The standard InChI is InChI=1S/C26H37N3O7S/c1-7-8-15-27-26(31)19(2)28(17-20-9-12-22(34-3)13-10-20)25(30)18-29(37(6,32)33)21-11-14-23(35-4)24(16-21)36-5/h9-14,16,19H,7-8,15,17-18H2,1-6H3,(H,27,31)/t19-/m1/s1. The molecule has 2 aromatic carbocycles. The molecule has 1 atom stereocenters. The predicted molar refractivity (Wildman–Crippen MR) is 143 cm³/mol. The van der Waals surface area contributed by atoms with Gasteiger partial charge < -0.3 is 24.4 Å². The lowest BCUT2D eigenvalue weighted by Gasteiger charge is -2.31. The van der Waals surface area contributed by atoms with Crippen LogP contribution in [0.15, 0.2) is 42.5 Å². The van der Waals surface area contributed by atoms with Crippen molar-refractivity contribution in [2.75, 3.05) is 45.0 Å². The maximum Gasteiger partial charge on any atom is 0.244 e. The van der Waals surface area contributed by atoms with Crippen LogP contribution in [0.25, 0.3) is 0 Å². The van der Waals surface area contributed by atoms with Gasteiger partial charge in [-0.25, -0.2) is 8.42 Å². The Hall–Kier alpha value is -3.47. The van der Waals surface area contributed by atoms with Crippen molar-refractivity contribution < 1.29 is 32.2 Å². The predicted octanol–water partition coefficient (Wildman–Crippen LogP) is 2.81. The number of carbonyl (C=O) groups excluding carboxylic acids is 2. The molecule has 0 aliphatic heterocycles. The highest BCUT2D eigenvalue weighted by Crippen LogP contribution is 2.32. The maximum atomic E-state index is 13.6. The number of hydrogen-bond acceptors (Lipinski definition) is 7. The molecule has 204 valence electrons. The Morgan fingerprint density at radius 1 is 0.973 bits per heavy atom. The second kappa shape index (κ2) is 13.7. The summed E-state index contributed by atoms with van der Waals surface area (Å²) in [6, 6.07) is 10.9. The van der Waals surface area contributed by atoms with Gasteiger partial charge in [0.05, 0.1) is 33.3 Å². The molecule has 37 heavy (non-hydrogen) atoms. The summed E-state index contributed by atoms with van der Waals surface area (Å²) in [7, 11) is 0.602. The van der Waals surface area contributed by atoms with Gasteiger partial charge in [-0.15, -0.1) is 0 Å². The van der Waals surface area contributed by atoms with Crippen LogP contribution in [-0.4, -0.2) is 71.8 Å². The van der Waals surface area contributed by atoms with Crippen molar-refractivity contribution >= 4 is 27.5 Å². The first kappa shape index (κ1) is 29.8. The number of anilines is 1. The number of sulfonamides is 1. The van der Waals surface area contributed by atoms with E-state index < -0.39 is 28.5 Å². The van der Waals surface area contributed by atoms with Crippen molar-refractivity contribution in [3.05, 3.63) is 48.0 Å². The van der Waals surface area contributed by atoms with Gasteiger partial charge in [-0.05, 0) is 43.2 Å². The Balaban J connectivity index is 2.40. The van der Waals surface area contributed by atoms with E-state index >= 15 is 0 Å². The summed E-state index contributed by atoms with van der Waals surface area (Å²) in [6.45, 7) is 3.74. The first-order valence-corrected chi connectivity index (χ1v) is 13.8. The number of unbranched alkanes of at least 4 members (excludes halogenated alkanes) is 1. The molecule has 0 aromatic heterocycles. The summed E-state index contributed by atoms with van der Waals surface area (Å²) < 4.78 is 42.2. The molecule has 0 heterocycles. The third-order valence-corrected chi connectivity index (χ3v) is 6.98. The third kappa shape index (κ3) is 8.28. The van der Waals surface area contributed by atoms with Gasteiger partial charge in [0.15, 0.2) is 11.5 Å². The number of ether oxygens (including phenoxy) is 3. The lowest BCUT2D eigenvalue weighted by atomic mass is 10.1. The minimum Gasteiger partial charge on any atom is -0.497 e. The summed E-state index contributed by atoms with van der Waals surface area (Å²) in [5.74, 6) is 0.551. The van der Waals surface area contributed by atoms with Crippen molar-refractivity contribution in [3.63, 3.8) is 0 Å². The first-order valence-electron chi connectivity index (χ1n) is 12.0. The topological polar surface area (TPSA) is 114 Å². The molecule has 1 N–H and O–H groups in total. The zero-order valence-electron chi connectivity index (χ0n) is 22.3. The highest BCUT2D eigenvalue weighted by atomic mass is 32.2. The average Bonchev–Trinajstić information content (AvgIpc) is 2.89. The molecular formula is C26H37N3O7S. The zero-order valence-corrected chi connectivity index (χ0v) is 23.1. The monoisotopic (exact) mass is 535 g/mol. The van der Waals surface area contributed by atoms with E-state index in [1.807, 2.05) is 6.92 Å². The molecule has 0 bridgehead atoms. The van der Waals surface area contributed by atoms with Gasteiger partial charge in [-0.3, -0.25) is 13.9 Å². The second-order valence-electron chi connectivity index (χ2n) is 8.50. The fourth-order valence-electron chi connectivity index (χ4n) is 3.64. The summed E-state index contributed by atoms with van der Waals surface area (Å²) >= 11 is 0. The molecule has 0 radical (unpaired) electrons. The van der Waals surface area contributed by atoms with Gasteiger partial charge in [0, 0.05) is 19.2 Å². The van der Waals surface area contributed by atoms with Crippen LogP contribution in [-0.2, 0) is 26.2 Å². The zero-order chi connectivity index (χ0) is 27.6. The van der Waals surface area contributed by atoms with Crippen LogP contribution < -0.4 is 23.8 Å². The van der Waals surface area contributed by atoms with Crippen LogP contribution in [0.2, 0.25) is 0 Å². The summed E-state index contributed by atoms with van der Waals surface area (Å²) in [6.07, 6.45) is 2.75. The van der Waals surface area contributed by atoms with Crippen molar-refractivity contribution in [3.8, 4) is 17.2 Å². The number of benzene rings is 2. The molecule has 10 nitrogen and oxygen atoms in total. The maximum absolute atomic E-state index is 13.6. The third-order valence-electron chi connectivity index (χ3n) is 5.84. The molecule has 0 spiro atoms. The van der Waals surface area contributed by atoms with E-state index in [2.05, 4.69) is 5.32 Å². The summed E-state index contributed by atoms with van der Waals surface area (Å²) in [5, 5.41) is 2.85. The fourth-order valence-corrected chi connectivity index (χ4v) is 4.48. The van der Waals surface area contributed by atoms with E-state index in [0.29, 0.717) is 23.8 Å². The molecular weight excluding hydrogens is 498 g/mol. The fraction of sp³-hybridized carbons (Fsp3) is 0.462. The molecule has 0 saturated heterocycles. The quantitative estimate of drug-likeness (QED) is 0.370. The summed E-state index contributed by atoms with van der Waals surface area (Å²) in [5.41, 5.74) is 0.998. The molecule has 11 heteroatoms. The highest BCUT2D eigenvalue weighted by molar-refractivity contribution is 7.92. The van der Waals surface area contributed by atoms with E-state index in [1.165, 1.54) is 31.3 Å². The van der Waals surface area contributed by atoms with Crippen LogP contribution in [0.4, 0.5) is 5.69 Å². The van der Waals surface area contributed by atoms with Crippen LogP contribution in [0.1, 0.15) is 32.3 Å². The van der Waals surface area contributed by atoms with E-state index in [9.17, 15) is 18.0 Å². The molecule has 2 aromatic rings. The minimum absolute atomic E-state index is 0.106. The Morgan fingerprint density at radius 2 is 1.62 bits per heavy atom. The molecule has 2 rings (SSSR count). The van der Waals surface area contributed by atoms with Crippen molar-refractivity contribution in [1.29, 1.82) is 0 Å². The lowest BCUT2D eigenvalue weighted by molar-refractivity contribution is -0.139. The van der Waals surface area contributed by atoms with Gasteiger partial charge in [-0.1, -0.05) is 25.5 Å². The van der Waals surface area contributed by atoms with Crippen LogP contribution in [0.3, 0.4) is 0 Å². The van der Waals surface area contributed by atoms with Crippen molar-refractivity contribution in [1.82, 2.24) is 10.2 Å². The van der Waals surface area contributed by atoms with Gasteiger partial charge >= 0.3 is 0 Å². The number of nitrogens with zero attached hydrogens (tertiary/aromatic N) is 2. The molecule has 0 fully saturated rings. The number of methoxy groups -OCH3 is 3. The SMILES string of the molecule is CCCCNC(=O)[C@@H](C)N(Cc1ccc(OC)cc1)C(=O)CN(c1ccc(OC)c(OC)c1)S(C)(=O)=O. The lowest BCUT2D eigenvalue weighted by Crippen LogP contribution is -2.51. The molecule has 0 aliphatic rings. The Morgan fingerprint density at radius 3 is 2.16 bits per heavy atom. The number of amides is 2. The smallest absolute Gasteiger partial charge is 0.244 e. The van der Waals surface area contributed by atoms with Crippen LogP contribution in [0.5, 0.6) is 17.2 Å². The van der Waals surface area contributed by atoms with E-state index in [-0.39, 0.29) is 18.1 Å². The van der Waals surface area contributed by atoms with Crippen molar-refractivity contribution in [2.45, 2.75) is 39.3 Å². The molecule has 2 amide bonds. The van der Waals surface area contributed by atoms with Gasteiger partial charge in [0.1, 0.15) is 18.3 Å². The summed E-state index contributed by atoms with van der Waals surface area (Å²) in [4.78, 5) is 27.9. The normalized spacial score (nSPS) is 11.8. The van der Waals surface area contributed by atoms with Gasteiger partial charge in [-0.2, -0.15) is 0 Å². The van der Waals surface area contributed by atoms with Gasteiger partial charge in [0.25, 0.3) is 0 Å². The second-order valence-corrected chi connectivity index (χ2v) is 10.4.